The maximum Gasteiger partial charge on any atom is 0.303 e. The Kier molecular flexibility index (Phi) is 7.75. The van der Waals surface area contributed by atoms with E-state index in [2.05, 4.69) is 24.0 Å². The number of aliphatic hydroxyl groups is 1. The van der Waals surface area contributed by atoms with Crippen molar-refractivity contribution in [2.45, 2.75) is 51.6 Å². The second-order valence-corrected chi connectivity index (χ2v) is 5.37. The minimum Gasteiger partial charge on any atom is -0.481 e. The lowest BCUT2D eigenvalue weighted by Gasteiger charge is -1.92. The maximum absolute atomic E-state index is 10.3. The summed E-state index contributed by atoms with van der Waals surface area (Å²) < 4.78 is 0. The zero-order valence-corrected chi connectivity index (χ0v) is 12.1. The molecule has 20 heavy (non-hydrogen) atoms. The highest BCUT2D eigenvalue weighted by Gasteiger charge is 2.34. The summed E-state index contributed by atoms with van der Waals surface area (Å²) in [5, 5.41) is 17.5. The fraction of sp³-hybridized carbons (Fsp3) is 0.588. The summed E-state index contributed by atoms with van der Waals surface area (Å²) in [6.07, 6.45) is 12.3. The first kappa shape index (κ1) is 16.5. The van der Waals surface area contributed by atoms with Gasteiger partial charge in [0.25, 0.3) is 0 Å². The van der Waals surface area contributed by atoms with E-state index in [9.17, 15) is 4.79 Å². The van der Waals surface area contributed by atoms with Gasteiger partial charge in [-0.2, -0.15) is 0 Å². The summed E-state index contributed by atoms with van der Waals surface area (Å²) in [5.41, 5.74) is 0. The molecular weight excluding hydrogens is 252 g/mol. The second kappa shape index (κ2) is 9.39. The summed E-state index contributed by atoms with van der Waals surface area (Å²) in [6, 6.07) is 0. The molecule has 0 aromatic rings. The molecule has 0 spiro atoms. The van der Waals surface area contributed by atoms with Gasteiger partial charge in [0.2, 0.25) is 0 Å². The van der Waals surface area contributed by atoms with Crippen LogP contribution in [0.1, 0.15) is 45.4 Å². The van der Waals surface area contributed by atoms with Crippen molar-refractivity contribution in [1.82, 2.24) is 0 Å². The van der Waals surface area contributed by atoms with Crippen LogP contribution in [-0.2, 0) is 4.79 Å². The molecule has 1 aliphatic carbocycles. The molecule has 2 N–H and O–H groups in total. The molecule has 0 aliphatic heterocycles. The van der Waals surface area contributed by atoms with E-state index in [0.717, 1.165) is 31.6 Å². The molecule has 0 aromatic heterocycles. The predicted octanol–water partition coefficient (Wildman–Crippen LogP) is 3.15. The number of carbonyl (C=O) groups is 1. The third kappa shape index (κ3) is 8.55. The lowest BCUT2D eigenvalue weighted by atomic mass is 10.1. The summed E-state index contributed by atoms with van der Waals surface area (Å²) >= 11 is 0. The second-order valence-electron chi connectivity index (χ2n) is 5.37. The SMILES string of the molecule is CC(O)/C=C/C#CCC1CC1C/C=C/CCCC(=O)O. The Morgan fingerprint density at radius 2 is 2.20 bits per heavy atom. The van der Waals surface area contributed by atoms with Gasteiger partial charge in [-0.1, -0.05) is 24.0 Å². The first-order chi connectivity index (χ1) is 9.59. The van der Waals surface area contributed by atoms with Crippen LogP contribution in [0.15, 0.2) is 24.3 Å². The Bertz CT molecular complexity index is 410. The van der Waals surface area contributed by atoms with Gasteiger partial charge in [0.15, 0.2) is 0 Å². The first-order valence-electron chi connectivity index (χ1n) is 7.29. The maximum atomic E-state index is 10.3. The molecule has 3 unspecified atom stereocenters. The van der Waals surface area contributed by atoms with E-state index in [1.54, 1.807) is 19.1 Å². The minimum absolute atomic E-state index is 0.256. The summed E-state index contributed by atoms with van der Waals surface area (Å²) in [5.74, 6) is 6.80. The number of carboxylic acids is 1. The molecule has 1 aliphatic rings. The van der Waals surface area contributed by atoms with Crippen molar-refractivity contribution in [1.29, 1.82) is 0 Å². The van der Waals surface area contributed by atoms with Crippen molar-refractivity contribution in [3.05, 3.63) is 24.3 Å². The van der Waals surface area contributed by atoms with Crippen molar-refractivity contribution in [2.75, 3.05) is 0 Å². The molecule has 0 saturated heterocycles. The van der Waals surface area contributed by atoms with Crippen molar-refractivity contribution >= 4 is 5.97 Å². The van der Waals surface area contributed by atoms with Gasteiger partial charge in [0, 0.05) is 12.8 Å². The number of hydrogen-bond donors (Lipinski definition) is 2. The number of allylic oxidation sites excluding steroid dienone is 3. The molecule has 0 amide bonds. The highest BCUT2D eigenvalue weighted by molar-refractivity contribution is 5.66. The van der Waals surface area contributed by atoms with E-state index in [-0.39, 0.29) is 6.42 Å². The van der Waals surface area contributed by atoms with Crippen molar-refractivity contribution in [2.24, 2.45) is 11.8 Å². The van der Waals surface area contributed by atoms with Crippen LogP contribution in [-0.4, -0.2) is 22.3 Å². The molecule has 3 atom stereocenters. The van der Waals surface area contributed by atoms with Crippen molar-refractivity contribution in [3.8, 4) is 11.8 Å². The van der Waals surface area contributed by atoms with Crippen LogP contribution in [0.5, 0.6) is 0 Å². The van der Waals surface area contributed by atoms with Gasteiger partial charge < -0.3 is 10.2 Å². The van der Waals surface area contributed by atoms with Gasteiger partial charge in [-0.25, -0.2) is 0 Å². The van der Waals surface area contributed by atoms with Gasteiger partial charge in [-0.15, -0.1) is 0 Å². The molecule has 0 bridgehead atoms. The first-order valence-corrected chi connectivity index (χ1v) is 7.29. The molecule has 3 heteroatoms. The fourth-order valence-electron chi connectivity index (χ4n) is 2.05. The monoisotopic (exact) mass is 276 g/mol. The average Bonchev–Trinajstić information content (AvgIpc) is 3.11. The third-order valence-corrected chi connectivity index (χ3v) is 3.36. The molecule has 1 rings (SSSR count). The summed E-state index contributed by atoms with van der Waals surface area (Å²) in [4.78, 5) is 10.3. The largest absolute Gasteiger partial charge is 0.481 e. The minimum atomic E-state index is -0.719. The number of aliphatic carboxylic acids is 1. The molecule has 3 nitrogen and oxygen atoms in total. The Morgan fingerprint density at radius 1 is 1.40 bits per heavy atom. The number of unbranched alkanes of at least 4 members (excludes halogenated alkanes) is 1. The quantitative estimate of drug-likeness (QED) is 0.407. The van der Waals surface area contributed by atoms with Gasteiger partial charge in [-0.05, 0) is 56.6 Å². The molecule has 0 aromatic carbocycles. The van der Waals surface area contributed by atoms with Gasteiger partial charge >= 0.3 is 5.97 Å². The smallest absolute Gasteiger partial charge is 0.303 e. The Labute approximate surface area is 121 Å². The number of carboxylic acid groups (broad SMARTS) is 1. The van der Waals surface area contributed by atoms with E-state index in [1.165, 1.54) is 6.42 Å². The van der Waals surface area contributed by atoms with Crippen LogP contribution >= 0.6 is 0 Å². The van der Waals surface area contributed by atoms with Crippen LogP contribution in [0.3, 0.4) is 0 Å². The highest BCUT2D eigenvalue weighted by atomic mass is 16.4. The van der Waals surface area contributed by atoms with E-state index < -0.39 is 12.1 Å². The van der Waals surface area contributed by atoms with Crippen LogP contribution in [0.4, 0.5) is 0 Å². The molecule has 110 valence electrons. The van der Waals surface area contributed by atoms with E-state index in [4.69, 9.17) is 10.2 Å². The van der Waals surface area contributed by atoms with Crippen LogP contribution in [0.25, 0.3) is 0 Å². The zero-order chi connectivity index (χ0) is 14.8. The van der Waals surface area contributed by atoms with Gasteiger partial charge in [-0.3, -0.25) is 4.79 Å². The van der Waals surface area contributed by atoms with Crippen LogP contribution in [0.2, 0.25) is 0 Å². The number of hydrogen-bond acceptors (Lipinski definition) is 2. The molecule has 1 fully saturated rings. The van der Waals surface area contributed by atoms with E-state index >= 15 is 0 Å². The third-order valence-electron chi connectivity index (χ3n) is 3.36. The van der Waals surface area contributed by atoms with Gasteiger partial charge in [0.05, 0.1) is 6.10 Å². The topological polar surface area (TPSA) is 57.5 Å². The zero-order valence-electron chi connectivity index (χ0n) is 12.1. The molecular formula is C17H24O3. The molecule has 0 radical (unpaired) electrons. The normalized spacial score (nSPS) is 22.7. The summed E-state index contributed by atoms with van der Waals surface area (Å²) in [7, 11) is 0. The predicted molar refractivity (Wildman–Crippen MR) is 80.1 cm³/mol. The molecule has 1 saturated carbocycles. The fourth-order valence-corrected chi connectivity index (χ4v) is 2.05. The Morgan fingerprint density at radius 3 is 2.90 bits per heavy atom. The lowest BCUT2D eigenvalue weighted by molar-refractivity contribution is -0.137. The van der Waals surface area contributed by atoms with Crippen LogP contribution < -0.4 is 0 Å². The Balaban J connectivity index is 2.03. The van der Waals surface area contributed by atoms with Crippen molar-refractivity contribution < 1.29 is 15.0 Å². The van der Waals surface area contributed by atoms with Crippen LogP contribution in [0, 0.1) is 23.7 Å². The Hall–Kier alpha value is -1.53. The average molecular weight is 276 g/mol. The number of rotatable bonds is 8. The number of aliphatic hydroxyl groups excluding tert-OH is 1. The lowest BCUT2D eigenvalue weighted by Crippen LogP contribution is -1.92. The summed E-state index contributed by atoms with van der Waals surface area (Å²) in [6.45, 7) is 1.71. The van der Waals surface area contributed by atoms with Crippen molar-refractivity contribution in [3.63, 3.8) is 0 Å². The van der Waals surface area contributed by atoms with Gasteiger partial charge in [0.1, 0.15) is 0 Å². The standard InChI is InChI=1S/C17H24O3/c1-14(18)9-5-4-7-11-16-13-15(16)10-6-2-3-8-12-17(19)20/h2,5-6,9,14-16,18H,3,8,10-13H2,1H3,(H,19,20)/b6-2+,9-5+. The molecule has 0 heterocycles. The van der Waals surface area contributed by atoms with E-state index in [1.807, 2.05) is 0 Å². The highest BCUT2D eigenvalue weighted by Crippen LogP contribution is 2.43. The van der Waals surface area contributed by atoms with E-state index in [0.29, 0.717) is 5.92 Å².